The largest absolute Gasteiger partial charge is 0.0952 e. The van der Waals surface area contributed by atoms with Crippen molar-refractivity contribution in [1.29, 1.82) is 0 Å². The maximum absolute atomic E-state index is 4.07. The van der Waals surface area contributed by atoms with Gasteiger partial charge in [0.2, 0.25) is 0 Å². The number of fused-ring (bicyclic) bond motifs is 1. The average molecular weight is 223 g/mol. The zero-order chi connectivity index (χ0) is 8.72. The molecule has 0 aromatic heterocycles. The van der Waals surface area contributed by atoms with Gasteiger partial charge < -0.3 is 0 Å². The second-order valence-electron chi connectivity index (χ2n) is 3.41. The van der Waals surface area contributed by atoms with E-state index in [0.717, 1.165) is 6.42 Å². The van der Waals surface area contributed by atoms with Gasteiger partial charge in [-0.1, -0.05) is 41.6 Å². The molecule has 0 amide bonds. The van der Waals surface area contributed by atoms with E-state index in [4.69, 9.17) is 0 Å². The monoisotopic (exact) mass is 222 g/mol. The Hall–Kier alpha value is -0.560. The number of rotatable bonds is 0. The van der Waals surface area contributed by atoms with E-state index in [1.807, 2.05) is 0 Å². The maximum atomic E-state index is 4.07. The van der Waals surface area contributed by atoms with Gasteiger partial charge in [0.05, 0.1) is 0 Å². The highest BCUT2D eigenvalue weighted by Gasteiger charge is 2.23. The van der Waals surface area contributed by atoms with Crippen LogP contribution in [-0.4, -0.2) is 0 Å². The lowest BCUT2D eigenvalue weighted by Gasteiger charge is -2.05. The molecule has 1 atom stereocenters. The lowest BCUT2D eigenvalue weighted by atomic mass is 10.0. The van der Waals surface area contributed by atoms with Gasteiger partial charge in [-0.05, 0) is 35.1 Å². The van der Waals surface area contributed by atoms with E-state index in [0.29, 0.717) is 5.92 Å². The van der Waals surface area contributed by atoms with E-state index in [-0.39, 0.29) is 0 Å². The molecule has 0 saturated carbocycles. The van der Waals surface area contributed by atoms with E-state index in [1.165, 1.54) is 21.2 Å². The minimum Gasteiger partial charge on any atom is -0.0952 e. The minimum atomic E-state index is 0.628. The highest BCUT2D eigenvalue weighted by atomic mass is 79.9. The maximum Gasteiger partial charge on any atom is 0.0216 e. The molecule has 0 saturated heterocycles. The summed E-state index contributed by atoms with van der Waals surface area (Å²) in [5.41, 5.74) is 4.05. The van der Waals surface area contributed by atoms with Crippen LogP contribution in [0.3, 0.4) is 0 Å². The molecule has 0 radical (unpaired) electrons. The third-order valence-electron chi connectivity index (χ3n) is 2.48. The summed E-state index contributed by atoms with van der Waals surface area (Å²) in [6.45, 7) is 6.32. The molecule has 0 nitrogen and oxygen atoms in total. The molecule has 1 aliphatic carbocycles. The van der Waals surface area contributed by atoms with Crippen LogP contribution in [0.15, 0.2) is 29.3 Å². The topological polar surface area (TPSA) is 0 Å². The Morgan fingerprint density at radius 1 is 1.50 bits per heavy atom. The number of halogens is 1. The van der Waals surface area contributed by atoms with E-state index < -0.39 is 0 Å². The first kappa shape index (κ1) is 8.06. The van der Waals surface area contributed by atoms with Crippen molar-refractivity contribution in [2.75, 3.05) is 0 Å². The van der Waals surface area contributed by atoms with Gasteiger partial charge >= 0.3 is 0 Å². The van der Waals surface area contributed by atoms with Crippen molar-refractivity contribution in [2.24, 2.45) is 0 Å². The molecule has 0 aliphatic heterocycles. The van der Waals surface area contributed by atoms with Gasteiger partial charge in [0.25, 0.3) is 0 Å². The van der Waals surface area contributed by atoms with Gasteiger partial charge in [-0.2, -0.15) is 0 Å². The molecule has 0 bridgehead atoms. The number of allylic oxidation sites excluding steroid dienone is 1. The zero-order valence-corrected chi connectivity index (χ0v) is 8.69. The average Bonchev–Trinajstić information content (AvgIpc) is 2.29. The highest BCUT2D eigenvalue weighted by molar-refractivity contribution is 9.10. The van der Waals surface area contributed by atoms with Crippen molar-refractivity contribution in [3.63, 3.8) is 0 Å². The fourth-order valence-corrected chi connectivity index (χ4v) is 2.68. The molecule has 2 rings (SSSR count). The van der Waals surface area contributed by atoms with Crippen molar-refractivity contribution in [3.8, 4) is 0 Å². The van der Waals surface area contributed by atoms with Crippen molar-refractivity contribution >= 4 is 21.5 Å². The van der Waals surface area contributed by atoms with Gasteiger partial charge in [0, 0.05) is 4.47 Å². The summed E-state index contributed by atoms with van der Waals surface area (Å²) in [7, 11) is 0. The first-order chi connectivity index (χ1) is 5.70. The van der Waals surface area contributed by atoms with Crippen LogP contribution in [-0.2, 0) is 0 Å². The van der Waals surface area contributed by atoms with Gasteiger partial charge in [-0.3, -0.25) is 0 Å². The van der Waals surface area contributed by atoms with E-state index >= 15 is 0 Å². The fourth-order valence-electron chi connectivity index (χ4n) is 1.93. The molecule has 1 unspecified atom stereocenters. The predicted molar refractivity (Wildman–Crippen MR) is 56.2 cm³/mol. The molecule has 1 aromatic rings. The Bertz CT molecular complexity index is 339. The third kappa shape index (κ3) is 1.04. The second kappa shape index (κ2) is 2.74. The fraction of sp³-hybridized carbons (Fsp3) is 0.273. The van der Waals surface area contributed by atoms with Crippen LogP contribution in [0.4, 0.5) is 0 Å². The van der Waals surface area contributed by atoms with Crippen LogP contribution in [0, 0.1) is 0 Å². The van der Waals surface area contributed by atoms with Gasteiger partial charge in [0.15, 0.2) is 0 Å². The Morgan fingerprint density at radius 3 is 2.92 bits per heavy atom. The lowest BCUT2D eigenvalue weighted by molar-refractivity contribution is 0.824. The Morgan fingerprint density at radius 2 is 2.25 bits per heavy atom. The van der Waals surface area contributed by atoms with Crippen LogP contribution < -0.4 is 0 Å². The molecular formula is C11H11Br. The van der Waals surface area contributed by atoms with Crippen LogP contribution in [0.25, 0.3) is 5.57 Å². The zero-order valence-electron chi connectivity index (χ0n) is 7.10. The molecule has 0 fully saturated rings. The SMILES string of the molecule is C=C1CC(C)c2c(Br)cccc21. The van der Waals surface area contributed by atoms with Gasteiger partial charge in [-0.15, -0.1) is 0 Å². The molecule has 1 heteroatoms. The Kier molecular flexibility index (Phi) is 1.84. The Balaban J connectivity index is 2.67. The minimum absolute atomic E-state index is 0.628. The lowest BCUT2D eigenvalue weighted by Crippen LogP contribution is -1.87. The summed E-state index contributed by atoms with van der Waals surface area (Å²) in [6.07, 6.45) is 1.11. The molecule has 0 heterocycles. The van der Waals surface area contributed by atoms with E-state index in [1.54, 1.807) is 0 Å². The summed E-state index contributed by atoms with van der Waals surface area (Å²) in [5.74, 6) is 0.628. The van der Waals surface area contributed by atoms with E-state index in [9.17, 15) is 0 Å². The molecule has 0 spiro atoms. The van der Waals surface area contributed by atoms with Crippen molar-refractivity contribution in [3.05, 3.63) is 40.4 Å². The normalized spacial score (nSPS) is 21.2. The predicted octanol–water partition coefficient (Wildman–Crippen LogP) is 3.97. The number of hydrogen-bond donors (Lipinski definition) is 0. The summed E-state index contributed by atoms with van der Waals surface area (Å²) in [5, 5.41) is 0. The molecular weight excluding hydrogens is 212 g/mol. The smallest absolute Gasteiger partial charge is 0.0216 e. The van der Waals surface area contributed by atoms with Crippen LogP contribution in [0.1, 0.15) is 30.4 Å². The summed E-state index contributed by atoms with van der Waals surface area (Å²) < 4.78 is 1.23. The summed E-state index contributed by atoms with van der Waals surface area (Å²) >= 11 is 3.57. The molecule has 12 heavy (non-hydrogen) atoms. The molecule has 62 valence electrons. The summed E-state index contributed by atoms with van der Waals surface area (Å²) in [6, 6.07) is 6.34. The van der Waals surface area contributed by atoms with Gasteiger partial charge in [0.1, 0.15) is 0 Å². The van der Waals surface area contributed by atoms with Crippen LogP contribution >= 0.6 is 15.9 Å². The molecule has 1 aliphatic rings. The molecule has 1 aromatic carbocycles. The summed E-state index contributed by atoms with van der Waals surface area (Å²) in [4.78, 5) is 0. The first-order valence-corrected chi connectivity index (χ1v) is 4.96. The number of benzene rings is 1. The van der Waals surface area contributed by atoms with Crippen LogP contribution in [0.2, 0.25) is 0 Å². The Labute approximate surface area is 81.4 Å². The van der Waals surface area contributed by atoms with E-state index in [2.05, 4.69) is 47.6 Å². The first-order valence-electron chi connectivity index (χ1n) is 4.16. The highest BCUT2D eigenvalue weighted by Crippen LogP contribution is 2.43. The van der Waals surface area contributed by atoms with Crippen molar-refractivity contribution in [2.45, 2.75) is 19.3 Å². The third-order valence-corrected chi connectivity index (χ3v) is 3.17. The van der Waals surface area contributed by atoms with Gasteiger partial charge in [-0.25, -0.2) is 0 Å². The second-order valence-corrected chi connectivity index (χ2v) is 4.26. The van der Waals surface area contributed by atoms with Crippen molar-refractivity contribution < 1.29 is 0 Å². The van der Waals surface area contributed by atoms with Crippen molar-refractivity contribution in [1.82, 2.24) is 0 Å². The number of hydrogen-bond acceptors (Lipinski definition) is 0. The van der Waals surface area contributed by atoms with Crippen LogP contribution in [0.5, 0.6) is 0 Å². The standard InChI is InChI=1S/C11H11Br/c1-7-6-8(2)11-9(7)4-3-5-10(11)12/h3-5,8H,1,6H2,2H3. The quantitative estimate of drug-likeness (QED) is 0.624. The molecule has 0 N–H and O–H groups in total.